The van der Waals surface area contributed by atoms with Crippen LogP contribution in [0.3, 0.4) is 0 Å². The molecule has 6 aromatic rings. The molecule has 0 aliphatic heterocycles. The fourth-order valence-corrected chi connectivity index (χ4v) is 5.90. The first-order chi connectivity index (χ1) is 21.9. The SMILES string of the molecule is O=C(O)c1ccc(C2(NC(=O)c3ccc(Nc4ccc(F)cc4)c4ccn(Cc5ccc(-c6ccccc6)cc5)c34)CC2)cc1. The lowest BCUT2D eigenvalue weighted by molar-refractivity contribution is 0.0696. The number of hydrogen-bond donors (Lipinski definition) is 3. The summed E-state index contributed by atoms with van der Waals surface area (Å²) < 4.78 is 15.7. The van der Waals surface area contributed by atoms with Gasteiger partial charge in [-0.15, -0.1) is 0 Å². The van der Waals surface area contributed by atoms with E-state index in [0.29, 0.717) is 12.1 Å². The van der Waals surface area contributed by atoms with E-state index in [1.165, 1.54) is 12.1 Å². The van der Waals surface area contributed by atoms with Gasteiger partial charge in [0.15, 0.2) is 0 Å². The van der Waals surface area contributed by atoms with Gasteiger partial charge in [0.25, 0.3) is 5.91 Å². The number of carbonyl (C=O) groups is 2. The summed E-state index contributed by atoms with van der Waals surface area (Å²) in [5, 5.41) is 16.8. The van der Waals surface area contributed by atoms with Gasteiger partial charge in [-0.05, 0) is 89.7 Å². The Balaban J connectivity index is 1.23. The lowest BCUT2D eigenvalue weighted by atomic mass is 10.0. The molecule has 1 amide bonds. The monoisotopic (exact) mass is 595 g/mol. The fourth-order valence-electron chi connectivity index (χ4n) is 5.90. The van der Waals surface area contributed by atoms with Crippen molar-refractivity contribution in [3.63, 3.8) is 0 Å². The molecule has 0 radical (unpaired) electrons. The Kier molecular flexibility index (Phi) is 7.14. The molecule has 7 rings (SSSR count). The van der Waals surface area contributed by atoms with Gasteiger partial charge < -0.3 is 20.3 Å². The first kappa shape index (κ1) is 28.1. The Morgan fingerprint density at radius 2 is 1.47 bits per heavy atom. The van der Waals surface area contributed by atoms with E-state index in [1.54, 1.807) is 36.4 Å². The molecule has 222 valence electrons. The molecule has 1 fully saturated rings. The number of carboxylic acid groups (broad SMARTS) is 1. The smallest absolute Gasteiger partial charge is 0.335 e. The molecule has 1 aliphatic carbocycles. The Bertz CT molecular complexity index is 2010. The van der Waals surface area contributed by atoms with Crippen LogP contribution < -0.4 is 10.6 Å². The van der Waals surface area contributed by atoms with Crippen LogP contribution in [0.15, 0.2) is 128 Å². The number of aromatic nitrogens is 1. The Morgan fingerprint density at radius 3 is 2.13 bits per heavy atom. The normalized spacial score (nSPS) is 13.4. The van der Waals surface area contributed by atoms with E-state index in [0.717, 1.165) is 57.4 Å². The summed E-state index contributed by atoms with van der Waals surface area (Å²) in [6, 6.07) is 37.2. The third-order valence-electron chi connectivity index (χ3n) is 8.49. The highest BCUT2D eigenvalue weighted by Gasteiger charge is 2.46. The van der Waals surface area contributed by atoms with Crippen LogP contribution in [0.2, 0.25) is 0 Å². The molecule has 5 aromatic carbocycles. The van der Waals surface area contributed by atoms with Crippen molar-refractivity contribution in [2.24, 2.45) is 0 Å². The number of anilines is 2. The van der Waals surface area contributed by atoms with Crippen molar-refractivity contribution >= 4 is 34.2 Å². The summed E-state index contributed by atoms with van der Waals surface area (Å²) in [5.74, 6) is -1.50. The molecule has 0 bridgehead atoms. The zero-order valence-electron chi connectivity index (χ0n) is 24.3. The molecule has 1 aromatic heterocycles. The molecule has 7 heteroatoms. The second kappa shape index (κ2) is 11.4. The number of benzene rings is 5. The molecule has 1 heterocycles. The molecule has 1 saturated carbocycles. The number of halogens is 1. The maximum Gasteiger partial charge on any atom is 0.335 e. The maximum absolute atomic E-state index is 14.0. The molecule has 3 N–H and O–H groups in total. The number of nitrogens with zero attached hydrogens (tertiary/aromatic N) is 1. The Morgan fingerprint density at radius 1 is 0.778 bits per heavy atom. The number of rotatable bonds is 9. The second-order valence-corrected chi connectivity index (χ2v) is 11.5. The first-order valence-electron chi connectivity index (χ1n) is 14.8. The van der Waals surface area contributed by atoms with Gasteiger partial charge in [-0.1, -0.05) is 66.7 Å². The minimum absolute atomic E-state index is 0.201. The van der Waals surface area contributed by atoms with Crippen molar-refractivity contribution in [1.82, 2.24) is 9.88 Å². The number of carbonyl (C=O) groups excluding carboxylic acids is 1. The zero-order valence-corrected chi connectivity index (χ0v) is 24.3. The van der Waals surface area contributed by atoms with Gasteiger partial charge in [-0.3, -0.25) is 4.79 Å². The number of fused-ring (bicyclic) bond motifs is 1. The van der Waals surface area contributed by atoms with Crippen molar-refractivity contribution in [3.05, 3.63) is 156 Å². The molecule has 0 saturated heterocycles. The van der Waals surface area contributed by atoms with Gasteiger partial charge in [0.05, 0.1) is 22.2 Å². The quantitative estimate of drug-likeness (QED) is 0.157. The average molecular weight is 596 g/mol. The molecule has 1 aliphatic rings. The first-order valence-corrected chi connectivity index (χ1v) is 14.8. The lowest BCUT2D eigenvalue weighted by Gasteiger charge is -2.20. The van der Waals surface area contributed by atoms with E-state index in [4.69, 9.17) is 0 Å². The summed E-state index contributed by atoms with van der Waals surface area (Å²) in [4.78, 5) is 25.3. The molecule has 0 atom stereocenters. The predicted octanol–water partition coefficient (Wildman–Crippen LogP) is 8.36. The lowest BCUT2D eigenvalue weighted by Crippen LogP contribution is -2.35. The summed E-state index contributed by atoms with van der Waals surface area (Å²) in [7, 11) is 0. The minimum atomic E-state index is -0.984. The van der Waals surface area contributed by atoms with Crippen LogP contribution in [0.5, 0.6) is 0 Å². The fraction of sp³-hybridized carbons (Fsp3) is 0.105. The van der Waals surface area contributed by atoms with Crippen LogP contribution in [0.4, 0.5) is 15.8 Å². The summed E-state index contributed by atoms with van der Waals surface area (Å²) in [5.41, 5.74) is 6.80. The van der Waals surface area contributed by atoms with Gasteiger partial charge >= 0.3 is 5.97 Å². The highest BCUT2D eigenvalue weighted by molar-refractivity contribution is 6.10. The van der Waals surface area contributed by atoms with E-state index >= 15 is 0 Å². The summed E-state index contributed by atoms with van der Waals surface area (Å²) >= 11 is 0. The molecule has 45 heavy (non-hydrogen) atoms. The van der Waals surface area contributed by atoms with Crippen molar-refractivity contribution in [2.45, 2.75) is 24.9 Å². The van der Waals surface area contributed by atoms with Crippen LogP contribution >= 0.6 is 0 Å². The van der Waals surface area contributed by atoms with E-state index in [2.05, 4.69) is 51.6 Å². The van der Waals surface area contributed by atoms with Crippen LogP contribution in [0, 0.1) is 5.82 Å². The van der Waals surface area contributed by atoms with Crippen molar-refractivity contribution < 1.29 is 19.1 Å². The topological polar surface area (TPSA) is 83.4 Å². The third-order valence-corrected chi connectivity index (χ3v) is 8.49. The Labute approximate surface area is 259 Å². The van der Waals surface area contributed by atoms with Crippen molar-refractivity contribution in [2.75, 3.05) is 5.32 Å². The summed E-state index contributed by atoms with van der Waals surface area (Å²) in [6.45, 7) is 0.556. The maximum atomic E-state index is 14.0. The van der Waals surface area contributed by atoms with Crippen LogP contribution in [0.25, 0.3) is 22.0 Å². The van der Waals surface area contributed by atoms with Gasteiger partial charge in [-0.25, -0.2) is 9.18 Å². The van der Waals surface area contributed by atoms with Crippen LogP contribution in [0.1, 0.15) is 44.7 Å². The van der Waals surface area contributed by atoms with Crippen molar-refractivity contribution in [3.8, 4) is 11.1 Å². The number of nitrogens with one attached hydrogen (secondary N) is 2. The predicted molar refractivity (Wildman–Crippen MR) is 174 cm³/mol. The molecule has 6 nitrogen and oxygen atoms in total. The minimum Gasteiger partial charge on any atom is -0.478 e. The van der Waals surface area contributed by atoms with E-state index in [-0.39, 0.29) is 17.3 Å². The average Bonchev–Trinajstić information content (AvgIpc) is 3.73. The largest absolute Gasteiger partial charge is 0.478 e. The van der Waals surface area contributed by atoms with E-state index in [1.807, 2.05) is 42.6 Å². The van der Waals surface area contributed by atoms with Crippen LogP contribution in [-0.2, 0) is 12.1 Å². The second-order valence-electron chi connectivity index (χ2n) is 11.5. The third kappa shape index (κ3) is 5.68. The van der Waals surface area contributed by atoms with Gasteiger partial charge in [-0.2, -0.15) is 0 Å². The number of amides is 1. The van der Waals surface area contributed by atoms with Crippen molar-refractivity contribution in [1.29, 1.82) is 0 Å². The molecular formula is C38H30FN3O3. The van der Waals surface area contributed by atoms with Gasteiger partial charge in [0.1, 0.15) is 5.82 Å². The van der Waals surface area contributed by atoms with Gasteiger partial charge in [0, 0.05) is 29.5 Å². The van der Waals surface area contributed by atoms with E-state index < -0.39 is 11.5 Å². The number of hydrogen-bond acceptors (Lipinski definition) is 3. The van der Waals surface area contributed by atoms with Gasteiger partial charge in [0.2, 0.25) is 0 Å². The Hall–Kier alpha value is -5.69. The standard InChI is InChI=1S/C38H30FN3O3/c39-30-14-16-31(17-15-30)40-34-19-18-33(36(43)41-38(21-22-38)29-12-10-28(11-13-29)37(44)45)35-32(34)20-23-42(35)24-25-6-8-27(9-7-25)26-4-2-1-3-5-26/h1-20,23,40H,21-22,24H2,(H,41,43)(H,44,45). The highest BCUT2D eigenvalue weighted by atomic mass is 19.1. The molecule has 0 spiro atoms. The molecule has 0 unspecified atom stereocenters. The molecular weight excluding hydrogens is 565 g/mol. The summed E-state index contributed by atoms with van der Waals surface area (Å²) in [6.07, 6.45) is 3.53. The zero-order chi connectivity index (χ0) is 31.0. The number of aromatic carboxylic acids is 1. The van der Waals surface area contributed by atoms with Crippen LogP contribution in [-0.4, -0.2) is 21.6 Å². The number of carboxylic acids is 1. The highest BCUT2D eigenvalue weighted by Crippen LogP contribution is 2.46. The van der Waals surface area contributed by atoms with E-state index in [9.17, 15) is 19.1 Å².